The first-order valence-electron chi connectivity index (χ1n) is 6.16. The first-order chi connectivity index (χ1) is 10.1. The van der Waals surface area contributed by atoms with Crippen LogP contribution in [0.25, 0.3) is 6.08 Å². The van der Waals surface area contributed by atoms with Crippen LogP contribution in [0, 0.1) is 3.57 Å². The molecule has 3 rings (SSSR count). The van der Waals surface area contributed by atoms with Gasteiger partial charge in [0, 0.05) is 8.04 Å². The number of aliphatic imine (C=N–C) groups is 1. The van der Waals surface area contributed by atoms with Gasteiger partial charge in [0.25, 0.3) is 0 Å². The molecule has 1 aliphatic rings. The Labute approximate surface area is 144 Å². The Kier molecular flexibility index (Phi) is 4.21. The SMILES string of the molecule is O=C1OC(c2ccccc2Br)=N/C1=C\c1ccc(I)cc1. The van der Waals surface area contributed by atoms with E-state index in [1.165, 1.54) is 0 Å². The lowest BCUT2D eigenvalue weighted by atomic mass is 10.2. The molecule has 0 spiro atoms. The number of carbonyl (C=O) groups excluding carboxylic acids is 1. The molecule has 0 saturated carbocycles. The van der Waals surface area contributed by atoms with Gasteiger partial charge in [-0.3, -0.25) is 0 Å². The predicted molar refractivity (Wildman–Crippen MR) is 93.9 cm³/mol. The Morgan fingerprint density at radius 2 is 1.81 bits per heavy atom. The Morgan fingerprint density at radius 1 is 1.10 bits per heavy atom. The third kappa shape index (κ3) is 3.24. The van der Waals surface area contributed by atoms with Crippen LogP contribution in [-0.4, -0.2) is 11.9 Å². The van der Waals surface area contributed by atoms with Crippen molar-refractivity contribution in [2.45, 2.75) is 0 Å². The van der Waals surface area contributed by atoms with Crippen molar-refractivity contribution in [2.75, 3.05) is 0 Å². The number of halogens is 2. The summed E-state index contributed by atoms with van der Waals surface area (Å²) in [6.07, 6.45) is 1.72. The Hall–Kier alpha value is -1.47. The molecule has 0 aromatic heterocycles. The summed E-state index contributed by atoms with van der Waals surface area (Å²) in [6.45, 7) is 0. The van der Waals surface area contributed by atoms with Gasteiger partial charge in [0.15, 0.2) is 5.70 Å². The lowest BCUT2D eigenvalue weighted by molar-refractivity contribution is -0.129. The van der Waals surface area contributed by atoms with E-state index in [-0.39, 0.29) is 0 Å². The summed E-state index contributed by atoms with van der Waals surface area (Å²) < 4.78 is 7.23. The number of hydrogen-bond acceptors (Lipinski definition) is 3. The molecule has 0 unspecified atom stereocenters. The highest BCUT2D eigenvalue weighted by Crippen LogP contribution is 2.24. The van der Waals surface area contributed by atoms with E-state index in [9.17, 15) is 4.79 Å². The summed E-state index contributed by atoms with van der Waals surface area (Å²) >= 11 is 5.66. The van der Waals surface area contributed by atoms with Crippen LogP contribution in [0.15, 0.2) is 63.7 Å². The molecule has 0 atom stereocenters. The van der Waals surface area contributed by atoms with Gasteiger partial charge in [-0.15, -0.1) is 0 Å². The molecule has 0 aliphatic carbocycles. The molecular formula is C16H9BrINO2. The highest BCUT2D eigenvalue weighted by molar-refractivity contribution is 14.1. The lowest BCUT2D eigenvalue weighted by Gasteiger charge is -2.01. The summed E-state index contributed by atoms with van der Waals surface area (Å²) in [6, 6.07) is 15.3. The van der Waals surface area contributed by atoms with Gasteiger partial charge in [0.05, 0.1) is 5.56 Å². The normalized spacial score (nSPS) is 16.0. The molecule has 1 heterocycles. The predicted octanol–water partition coefficient (Wildman–Crippen LogP) is 4.40. The maximum atomic E-state index is 11.9. The molecule has 5 heteroatoms. The van der Waals surface area contributed by atoms with E-state index in [1.807, 2.05) is 48.5 Å². The van der Waals surface area contributed by atoms with Crippen molar-refractivity contribution in [3.8, 4) is 0 Å². The lowest BCUT2D eigenvalue weighted by Crippen LogP contribution is -2.05. The standard InChI is InChI=1S/C16H9BrINO2/c17-13-4-2-1-3-12(13)15-19-14(16(20)21-15)9-10-5-7-11(18)8-6-10/h1-9H/b14-9-. The van der Waals surface area contributed by atoms with Crippen LogP contribution in [0.5, 0.6) is 0 Å². The monoisotopic (exact) mass is 453 g/mol. The number of nitrogens with zero attached hydrogens (tertiary/aromatic N) is 1. The van der Waals surface area contributed by atoms with Crippen LogP contribution >= 0.6 is 38.5 Å². The van der Waals surface area contributed by atoms with Crippen molar-refractivity contribution in [1.29, 1.82) is 0 Å². The number of carbonyl (C=O) groups is 1. The minimum absolute atomic E-state index is 0.307. The first kappa shape index (κ1) is 14.5. The van der Waals surface area contributed by atoms with Crippen molar-refractivity contribution in [1.82, 2.24) is 0 Å². The zero-order valence-electron chi connectivity index (χ0n) is 10.7. The van der Waals surface area contributed by atoms with E-state index in [0.717, 1.165) is 19.2 Å². The van der Waals surface area contributed by atoms with Crippen molar-refractivity contribution in [2.24, 2.45) is 4.99 Å². The highest BCUT2D eigenvalue weighted by Gasteiger charge is 2.25. The molecule has 104 valence electrons. The summed E-state index contributed by atoms with van der Waals surface area (Å²) in [5.41, 5.74) is 1.98. The van der Waals surface area contributed by atoms with Gasteiger partial charge in [-0.2, -0.15) is 0 Å². The highest BCUT2D eigenvalue weighted by atomic mass is 127. The molecule has 0 radical (unpaired) electrons. The Balaban J connectivity index is 1.96. The number of benzene rings is 2. The maximum absolute atomic E-state index is 11.9. The van der Waals surface area contributed by atoms with E-state index in [2.05, 4.69) is 43.5 Å². The maximum Gasteiger partial charge on any atom is 0.363 e. The molecule has 3 nitrogen and oxygen atoms in total. The number of hydrogen-bond donors (Lipinski definition) is 0. The van der Waals surface area contributed by atoms with Crippen LogP contribution in [0.2, 0.25) is 0 Å². The molecule has 21 heavy (non-hydrogen) atoms. The minimum atomic E-state index is -0.431. The Bertz CT molecular complexity index is 766. The fourth-order valence-electron chi connectivity index (χ4n) is 1.88. The molecule has 0 saturated heterocycles. The number of cyclic esters (lactones) is 1. The number of esters is 1. The zero-order chi connectivity index (χ0) is 14.8. The van der Waals surface area contributed by atoms with Gasteiger partial charge >= 0.3 is 5.97 Å². The van der Waals surface area contributed by atoms with Crippen molar-refractivity contribution < 1.29 is 9.53 Å². The topological polar surface area (TPSA) is 38.7 Å². The van der Waals surface area contributed by atoms with Crippen molar-refractivity contribution >= 4 is 56.5 Å². The largest absolute Gasteiger partial charge is 0.402 e. The summed E-state index contributed by atoms with van der Waals surface area (Å²) in [5, 5.41) is 0. The van der Waals surface area contributed by atoms with E-state index in [0.29, 0.717) is 11.6 Å². The van der Waals surface area contributed by atoms with Gasteiger partial charge in [-0.05, 0) is 74.4 Å². The van der Waals surface area contributed by atoms with E-state index in [1.54, 1.807) is 6.08 Å². The molecule has 0 bridgehead atoms. The molecular weight excluding hydrogens is 445 g/mol. The van der Waals surface area contributed by atoms with Crippen LogP contribution in [0.4, 0.5) is 0 Å². The average molecular weight is 454 g/mol. The second kappa shape index (κ2) is 6.11. The molecule has 1 aliphatic heterocycles. The van der Waals surface area contributed by atoms with Gasteiger partial charge in [-0.25, -0.2) is 9.79 Å². The fourth-order valence-corrected chi connectivity index (χ4v) is 2.69. The third-order valence-corrected chi connectivity index (χ3v) is 4.31. The van der Waals surface area contributed by atoms with Crippen LogP contribution in [0.1, 0.15) is 11.1 Å². The smallest absolute Gasteiger partial charge is 0.363 e. The molecule has 2 aromatic rings. The van der Waals surface area contributed by atoms with Crippen LogP contribution in [0.3, 0.4) is 0 Å². The first-order valence-corrected chi connectivity index (χ1v) is 8.04. The van der Waals surface area contributed by atoms with Gasteiger partial charge in [0.2, 0.25) is 5.90 Å². The van der Waals surface area contributed by atoms with Crippen molar-refractivity contribution in [3.63, 3.8) is 0 Å². The second-order valence-corrected chi connectivity index (χ2v) is 6.47. The fraction of sp³-hybridized carbons (Fsp3) is 0. The molecule has 0 fully saturated rings. The van der Waals surface area contributed by atoms with E-state index in [4.69, 9.17) is 4.74 Å². The number of rotatable bonds is 2. The molecule has 2 aromatic carbocycles. The van der Waals surface area contributed by atoms with E-state index >= 15 is 0 Å². The van der Waals surface area contributed by atoms with Gasteiger partial charge in [-0.1, -0.05) is 24.3 Å². The molecule has 0 amide bonds. The number of ether oxygens (including phenoxy) is 1. The second-order valence-electron chi connectivity index (χ2n) is 4.37. The van der Waals surface area contributed by atoms with Crippen LogP contribution in [-0.2, 0) is 9.53 Å². The minimum Gasteiger partial charge on any atom is -0.402 e. The van der Waals surface area contributed by atoms with Gasteiger partial charge in [0.1, 0.15) is 0 Å². The van der Waals surface area contributed by atoms with Gasteiger partial charge < -0.3 is 4.74 Å². The Morgan fingerprint density at radius 3 is 2.52 bits per heavy atom. The van der Waals surface area contributed by atoms with Crippen molar-refractivity contribution in [3.05, 3.63) is 73.4 Å². The third-order valence-electron chi connectivity index (χ3n) is 2.90. The van der Waals surface area contributed by atoms with Crippen LogP contribution < -0.4 is 0 Å². The average Bonchev–Trinajstić information content (AvgIpc) is 2.83. The zero-order valence-corrected chi connectivity index (χ0v) is 14.5. The summed E-state index contributed by atoms with van der Waals surface area (Å²) in [7, 11) is 0. The molecule has 0 N–H and O–H groups in total. The van der Waals surface area contributed by atoms with E-state index < -0.39 is 5.97 Å². The quantitative estimate of drug-likeness (QED) is 0.384. The summed E-state index contributed by atoms with van der Waals surface area (Å²) in [4.78, 5) is 16.2. The summed E-state index contributed by atoms with van der Waals surface area (Å²) in [5.74, 6) is -0.108.